The van der Waals surface area contributed by atoms with E-state index in [9.17, 15) is 10.1 Å². The Kier molecular flexibility index (Phi) is 5.43. The predicted molar refractivity (Wildman–Crippen MR) is 90.8 cm³/mol. The largest absolute Gasteiger partial charge is 0.363 e. The number of carbonyl (C=O) groups is 1. The van der Waals surface area contributed by atoms with Crippen molar-refractivity contribution in [2.45, 2.75) is 6.04 Å². The van der Waals surface area contributed by atoms with Crippen LogP contribution >= 0.6 is 23.2 Å². The lowest BCUT2D eigenvalue weighted by molar-refractivity contribution is 0.0945. The Labute approximate surface area is 144 Å². The maximum atomic E-state index is 12.4. The van der Waals surface area contributed by atoms with Gasteiger partial charge in [0, 0.05) is 31.4 Å². The molecule has 2 aromatic rings. The Hall–Kier alpha value is -2.29. The molecule has 0 bridgehead atoms. The Bertz CT molecular complexity index is 771. The van der Waals surface area contributed by atoms with Crippen LogP contribution < -0.4 is 10.2 Å². The molecule has 0 saturated carbocycles. The van der Waals surface area contributed by atoms with E-state index in [1.54, 1.807) is 35.2 Å². The zero-order valence-electron chi connectivity index (χ0n) is 12.5. The molecule has 2 rings (SSSR count). The summed E-state index contributed by atoms with van der Waals surface area (Å²) in [6.45, 7) is 0. The van der Waals surface area contributed by atoms with Crippen molar-refractivity contribution < 1.29 is 4.79 Å². The van der Waals surface area contributed by atoms with Crippen LogP contribution in [0.3, 0.4) is 0 Å². The van der Waals surface area contributed by atoms with Gasteiger partial charge in [0.2, 0.25) is 0 Å². The van der Waals surface area contributed by atoms with Crippen molar-refractivity contribution in [2.24, 2.45) is 0 Å². The maximum Gasteiger partial charge on any atom is 0.252 e. The van der Waals surface area contributed by atoms with Gasteiger partial charge in [-0.2, -0.15) is 5.26 Å². The van der Waals surface area contributed by atoms with E-state index in [0.717, 1.165) is 0 Å². The molecule has 0 spiro atoms. The molecule has 0 radical (unpaired) electrons. The van der Waals surface area contributed by atoms with Crippen LogP contribution in [0.1, 0.15) is 22.0 Å². The van der Waals surface area contributed by atoms with Crippen molar-refractivity contribution >= 4 is 34.9 Å². The molecule has 118 valence electrons. The number of rotatable bonds is 4. The second kappa shape index (κ2) is 7.32. The molecular formula is C16H14Cl2N4O. The number of halogens is 2. The molecule has 1 unspecified atom stereocenters. The van der Waals surface area contributed by atoms with E-state index in [4.69, 9.17) is 23.2 Å². The number of nitrogens with zero attached hydrogens (tertiary/aromatic N) is 3. The van der Waals surface area contributed by atoms with E-state index in [1.807, 2.05) is 20.2 Å². The van der Waals surface area contributed by atoms with Crippen molar-refractivity contribution in [3.05, 3.63) is 57.7 Å². The molecular weight excluding hydrogens is 335 g/mol. The van der Waals surface area contributed by atoms with Crippen molar-refractivity contribution in [1.82, 2.24) is 10.3 Å². The molecule has 1 aromatic heterocycles. The summed E-state index contributed by atoms with van der Waals surface area (Å²) in [5.74, 6) is 0.255. The summed E-state index contributed by atoms with van der Waals surface area (Å²) >= 11 is 12.1. The maximum absolute atomic E-state index is 12.4. The highest BCUT2D eigenvalue weighted by Crippen LogP contribution is 2.29. The van der Waals surface area contributed by atoms with E-state index in [-0.39, 0.29) is 5.02 Å². The van der Waals surface area contributed by atoms with Crippen LogP contribution in [0.25, 0.3) is 0 Å². The normalized spacial score (nSPS) is 11.4. The fourth-order valence-electron chi connectivity index (χ4n) is 1.94. The highest BCUT2D eigenvalue weighted by molar-refractivity contribution is 6.42. The minimum absolute atomic E-state index is 0.254. The Morgan fingerprint density at radius 1 is 1.35 bits per heavy atom. The van der Waals surface area contributed by atoms with Crippen LogP contribution in [0, 0.1) is 11.3 Å². The Balaban J connectivity index is 2.26. The van der Waals surface area contributed by atoms with Gasteiger partial charge in [-0.1, -0.05) is 35.3 Å². The van der Waals surface area contributed by atoms with Crippen LogP contribution in [-0.2, 0) is 0 Å². The van der Waals surface area contributed by atoms with Gasteiger partial charge in [-0.3, -0.25) is 4.79 Å². The highest BCUT2D eigenvalue weighted by Gasteiger charge is 2.19. The van der Waals surface area contributed by atoms with Crippen molar-refractivity contribution in [3.8, 4) is 6.07 Å². The number of anilines is 1. The fourth-order valence-corrected chi connectivity index (χ4v) is 2.36. The first kappa shape index (κ1) is 17.1. The molecule has 1 heterocycles. The average molecular weight is 349 g/mol. The van der Waals surface area contributed by atoms with Gasteiger partial charge in [0.1, 0.15) is 11.9 Å². The van der Waals surface area contributed by atoms with Gasteiger partial charge in [0.25, 0.3) is 5.91 Å². The van der Waals surface area contributed by atoms with Gasteiger partial charge < -0.3 is 10.2 Å². The zero-order valence-corrected chi connectivity index (χ0v) is 14.1. The number of pyridine rings is 1. The van der Waals surface area contributed by atoms with Crippen molar-refractivity contribution in [1.29, 1.82) is 5.26 Å². The van der Waals surface area contributed by atoms with E-state index < -0.39 is 11.9 Å². The first-order valence-electron chi connectivity index (χ1n) is 6.71. The summed E-state index contributed by atoms with van der Waals surface area (Å²) in [6, 6.07) is 9.30. The van der Waals surface area contributed by atoms with Gasteiger partial charge in [-0.15, -0.1) is 0 Å². The summed E-state index contributed by atoms with van der Waals surface area (Å²) in [7, 11) is 3.65. The quantitative estimate of drug-likeness (QED) is 0.918. The summed E-state index contributed by atoms with van der Waals surface area (Å²) < 4.78 is 0. The molecule has 0 aliphatic heterocycles. The Morgan fingerprint density at radius 3 is 2.74 bits per heavy atom. The molecule has 0 fully saturated rings. The van der Waals surface area contributed by atoms with Crippen LogP contribution in [0.4, 0.5) is 5.82 Å². The monoisotopic (exact) mass is 348 g/mol. The molecule has 1 atom stereocenters. The number of carbonyl (C=O) groups excluding carboxylic acids is 1. The lowest BCUT2D eigenvalue weighted by atomic mass is 10.1. The molecule has 7 heteroatoms. The second-order valence-electron chi connectivity index (χ2n) is 4.98. The number of benzene rings is 1. The number of hydrogen-bond donors (Lipinski definition) is 1. The lowest BCUT2D eigenvalue weighted by Crippen LogP contribution is -2.28. The summed E-state index contributed by atoms with van der Waals surface area (Å²) in [4.78, 5) is 18.3. The second-order valence-corrected chi connectivity index (χ2v) is 5.76. The smallest absolute Gasteiger partial charge is 0.252 e. The van der Waals surface area contributed by atoms with Crippen molar-refractivity contribution in [2.75, 3.05) is 19.0 Å². The number of nitriles is 1. The lowest BCUT2D eigenvalue weighted by Gasteiger charge is -2.15. The van der Waals surface area contributed by atoms with E-state index in [2.05, 4.69) is 10.3 Å². The van der Waals surface area contributed by atoms with Gasteiger partial charge in [0.15, 0.2) is 0 Å². The summed E-state index contributed by atoms with van der Waals surface area (Å²) in [6.07, 6.45) is 1.54. The molecule has 1 amide bonds. The SMILES string of the molecule is CN(C)c1cc(C(=O)NC(C#N)c2cccc(Cl)c2Cl)ccn1. The van der Waals surface area contributed by atoms with Gasteiger partial charge in [-0.25, -0.2) is 4.98 Å². The first-order chi connectivity index (χ1) is 10.9. The number of hydrogen-bond acceptors (Lipinski definition) is 4. The molecule has 23 heavy (non-hydrogen) atoms. The standard InChI is InChI=1S/C16H14Cl2N4O/c1-22(2)14-8-10(6-7-20-14)16(23)21-13(9-19)11-4-3-5-12(17)15(11)18/h3-8,13H,1-2H3,(H,21,23). The molecule has 0 aliphatic carbocycles. The molecule has 1 N–H and O–H groups in total. The third-order valence-electron chi connectivity index (χ3n) is 3.16. The van der Waals surface area contributed by atoms with Gasteiger partial charge in [0.05, 0.1) is 16.1 Å². The van der Waals surface area contributed by atoms with E-state index in [1.165, 1.54) is 6.20 Å². The minimum Gasteiger partial charge on any atom is -0.363 e. The molecule has 1 aromatic carbocycles. The molecule has 0 saturated heterocycles. The minimum atomic E-state index is -0.898. The third kappa shape index (κ3) is 3.92. The van der Waals surface area contributed by atoms with Gasteiger partial charge >= 0.3 is 0 Å². The number of aromatic nitrogens is 1. The topological polar surface area (TPSA) is 69.0 Å². The van der Waals surface area contributed by atoms with Crippen molar-refractivity contribution in [3.63, 3.8) is 0 Å². The third-order valence-corrected chi connectivity index (χ3v) is 4.00. The van der Waals surface area contributed by atoms with Crippen LogP contribution in [0.2, 0.25) is 10.0 Å². The molecule has 0 aliphatic rings. The fraction of sp³-hybridized carbons (Fsp3) is 0.188. The number of nitrogens with one attached hydrogen (secondary N) is 1. The van der Waals surface area contributed by atoms with Crippen LogP contribution in [0.5, 0.6) is 0 Å². The van der Waals surface area contributed by atoms with Crippen LogP contribution in [-0.4, -0.2) is 25.0 Å². The summed E-state index contributed by atoms with van der Waals surface area (Å²) in [5, 5.41) is 12.6. The predicted octanol–water partition coefficient (Wildman–Crippen LogP) is 3.45. The average Bonchev–Trinajstić information content (AvgIpc) is 2.55. The van der Waals surface area contributed by atoms with E-state index in [0.29, 0.717) is 22.0 Å². The number of amides is 1. The Morgan fingerprint density at radius 2 is 2.09 bits per heavy atom. The van der Waals surface area contributed by atoms with Crippen LogP contribution in [0.15, 0.2) is 36.5 Å². The first-order valence-corrected chi connectivity index (χ1v) is 7.47. The highest BCUT2D eigenvalue weighted by atomic mass is 35.5. The van der Waals surface area contributed by atoms with E-state index >= 15 is 0 Å². The summed E-state index contributed by atoms with van der Waals surface area (Å²) in [5.41, 5.74) is 0.860. The molecule has 5 nitrogen and oxygen atoms in total. The van der Waals surface area contributed by atoms with Gasteiger partial charge in [-0.05, 0) is 18.2 Å². The zero-order chi connectivity index (χ0) is 17.0.